The van der Waals surface area contributed by atoms with E-state index in [2.05, 4.69) is 32.1 Å². The third-order valence-corrected chi connectivity index (χ3v) is 5.78. The SMILES string of the molecule is CC1C=C2C=CC(C)C(CCC3CC(O)CCO3)C2CC1. The largest absolute Gasteiger partial charge is 0.393 e. The molecular formula is C19H30O2. The van der Waals surface area contributed by atoms with E-state index in [4.69, 9.17) is 4.74 Å². The van der Waals surface area contributed by atoms with Gasteiger partial charge in [0, 0.05) is 6.61 Å². The molecule has 3 rings (SSSR count). The summed E-state index contributed by atoms with van der Waals surface area (Å²) in [5.74, 6) is 2.94. The Kier molecular flexibility index (Phi) is 4.85. The van der Waals surface area contributed by atoms with E-state index in [1.165, 1.54) is 19.3 Å². The molecule has 1 saturated heterocycles. The Morgan fingerprint density at radius 1 is 1.19 bits per heavy atom. The maximum Gasteiger partial charge on any atom is 0.0599 e. The fourth-order valence-corrected chi connectivity index (χ4v) is 4.46. The summed E-state index contributed by atoms with van der Waals surface area (Å²) in [5.41, 5.74) is 1.58. The Balaban J connectivity index is 1.61. The lowest BCUT2D eigenvalue weighted by atomic mass is 9.66. The van der Waals surface area contributed by atoms with Crippen LogP contribution >= 0.6 is 0 Å². The quantitative estimate of drug-likeness (QED) is 0.848. The lowest BCUT2D eigenvalue weighted by molar-refractivity contribution is -0.0497. The van der Waals surface area contributed by atoms with Gasteiger partial charge < -0.3 is 9.84 Å². The molecule has 0 bridgehead atoms. The molecule has 6 unspecified atom stereocenters. The van der Waals surface area contributed by atoms with Crippen molar-refractivity contribution >= 4 is 0 Å². The third-order valence-electron chi connectivity index (χ3n) is 5.78. The molecule has 1 fully saturated rings. The van der Waals surface area contributed by atoms with Gasteiger partial charge in [-0.3, -0.25) is 0 Å². The molecule has 0 aromatic rings. The predicted octanol–water partition coefficient (Wildman–Crippen LogP) is 4.10. The van der Waals surface area contributed by atoms with E-state index >= 15 is 0 Å². The maximum absolute atomic E-state index is 9.78. The van der Waals surface area contributed by atoms with E-state index in [-0.39, 0.29) is 12.2 Å². The van der Waals surface area contributed by atoms with Gasteiger partial charge in [0.2, 0.25) is 0 Å². The molecule has 1 aliphatic heterocycles. The van der Waals surface area contributed by atoms with Crippen molar-refractivity contribution in [2.45, 2.75) is 64.6 Å². The summed E-state index contributed by atoms with van der Waals surface area (Å²) in [6, 6.07) is 0. The van der Waals surface area contributed by atoms with Crippen LogP contribution in [0.5, 0.6) is 0 Å². The zero-order chi connectivity index (χ0) is 14.8. The molecule has 21 heavy (non-hydrogen) atoms. The molecule has 118 valence electrons. The Labute approximate surface area is 129 Å². The van der Waals surface area contributed by atoms with Crippen molar-refractivity contribution in [3.05, 3.63) is 23.8 Å². The van der Waals surface area contributed by atoms with Gasteiger partial charge in [0.25, 0.3) is 0 Å². The highest BCUT2D eigenvalue weighted by atomic mass is 16.5. The second-order valence-corrected chi connectivity index (χ2v) is 7.46. The van der Waals surface area contributed by atoms with Gasteiger partial charge in [-0.05, 0) is 67.8 Å². The zero-order valence-corrected chi connectivity index (χ0v) is 13.5. The van der Waals surface area contributed by atoms with E-state index in [1.54, 1.807) is 5.57 Å². The minimum Gasteiger partial charge on any atom is -0.393 e. The highest BCUT2D eigenvalue weighted by Gasteiger charge is 2.33. The van der Waals surface area contributed by atoms with Crippen LogP contribution in [-0.4, -0.2) is 23.9 Å². The van der Waals surface area contributed by atoms with E-state index < -0.39 is 0 Å². The number of hydrogen-bond donors (Lipinski definition) is 1. The number of ether oxygens (including phenoxy) is 1. The minimum absolute atomic E-state index is 0.140. The molecule has 2 aliphatic carbocycles. The summed E-state index contributed by atoms with van der Waals surface area (Å²) < 4.78 is 5.84. The molecule has 3 aliphatic rings. The van der Waals surface area contributed by atoms with Crippen LogP contribution in [0.4, 0.5) is 0 Å². The van der Waals surface area contributed by atoms with E-state index in [9.17, 15) is 5.11 Å². The van der Waals surface area contributed by atoms with Crippen LogP contribution in [0.3, 0.4) is 0 Å². The van der Waals surface area contributed by atoms with Crippen LogP contribution in [0, 0.1) is 23.7 Å². The first-order chi connectivity index (χ1) is 10.1. The average Bonchev–Trinajstić information content (AvgIpc) is 2.46. The lowest BCUT2D eigenvalue weighted by Crippen LogP contribution is -2.32. The molecule has 6 atom stereocenters. The Hall–Kier alpha value is -0.600. The van der Waals surface area contributed by atoms with Crippen LogP contribution in [0.2, 0.25) is 0 Å². The van der Waals surface area contributed by atoms with E-state index in [1.807, 2.05) is 0 Å². The van der Waals surface area contributed by atoms with Gasteiger partial charge in [-0.15, -0.1) is 0 Å². The molecule has 0 saturated carbocycles. The summed E-state index contributed by atoms with van der Waals surface area (Å²) in [6.45, 7) is 5.44. The van der Waals surface area contributed by atoms with Gasteiger partial charge in [-0.25, -0.2) is 0 Å². The topological polar surface area (TPSA) is 29.5 Å². The fraction of sp³-hybridized carbons (Fsp3) is 0.789. The number of aliphatic hydroxyl groups is 1. The third kappa shape index (κ3) is 3.60. The van der Waals surface area contributed by atoms with Crippen molar-refractivity contribution in [2.75, 3.05) is 6.61 Å². The number of aliphatic hydroxyl groups excluding tert-OH is 1. The minimum atomic E-state index is -0.140. The molecule has 2 heteroatoms. The van der Waals surface area contributed by atoms with Gasteiger partial charge in [0.1, 0.15) is 0 Å². The average molecular weight is 290 g/mol. The van der Waals surface area contributed by atoms with Crippen molar-refractivity contribution in [3.63, 3.8) is 0 Å². The molecule has 0 aromatic heterocycles. The molecule has 1 heterocycles. The molecule has 0 spiro atoms. The first-order valence-electron chi connectivity index (χ1n) is 8.83. The maximum atomic E-state index is 9.78. The van der Waals surface area contributed by atoms with Gasteiger partial charge in [-0.1, -0.05) is 32.1 Å². The number of allylic oxidation sites excluding steroid dienone is 4. The summed E-state index contributed by atoms with van der Waals surface area (Å²) in [5, 5.41) is 9.78. The van der Waals surface area contributed by atoms with E-state index in [0.29, 0.717) is 5.92 Å². The summed E-state index contributed by atoms with van der Waals surface area (Å²) in [4.78, 5) is 0. The van der Waals surface area contributed by atoms with Crippen LogP contribution in [0.1, 0.15) is 52.4 Å². The molecule has 1 N–H and O–H groups in total. The molecule has 2 nitrogen and oxygen atoms in total. The van der Waals surface area contributed by atoms with E-state index in [0.717, 1.165) is 43.6 Å². The fourth-order valence-electron chi connectivity index (χ4n) is 4.46. The summed E-state index contributed by atoms with van der Waals surface area (Å²) in [7, 11) is 0. The normalized spacial score (nSPS) is 43.3. The van der Waals surface area contributed by atoms with Crippen molar-refractivity contribution in [1.29, 1.82) is 0 Å². The molecule has 0 aromatic carbocycles. The van der Waals surface area contributed by atoms with Crippen LogP contribution < -0.4 is 0 Å². The zero-order valence-electron chi connectivity index (χ0n) is 13.5. The highest BCUT2D eigenvalue weighted by Crippen LogP contribution is 2.43. The number of fused-ring (bicyclic) bond motifs is 1. The van der Waals surface area contributed by atoms with Gasteiger partial charge >= 0.3 is 0 Å². The van der Waals surface area contributed by atoms with Crippen LogP contribution in [0.25, 0.3) is 0 Å². The Bertz CT molecular complexity index is 412. The number of hydrogen-bond acceptors (Lipinski definition) is 2. The summed E-state index contributed by atoms with van der Waals surface area (Å²) in [6.07, 6.45) is 14.1. The van der Waals surface area contributed by atoms with Crippen molar-refractivity contribution in [3.8, 4) is 0 Å². The van der Waals surface area contributed by atoms with Gasteiger partial charge in [-0.2, -0.15) is 0 Å². The van der Waals surface area contributed by atoms with Gasteiger partial charge in [0.05, 0.1) is 12.2 Å². The Morgan fingerprint density at radius 2 is 2.05 bits per heavy atom. The lowest BCUT2D eigenvalue weighted by Gasteiger charge is -2.39. The second-order valence-electron chi connectivity index (χ2n) is 7.46. The second kappa shape index (κ2) is 6.66. The molecule has 0 amide bonds. The first-order valence-corrected chi connectivity index (χ1v) is 8.83. The molecular weight excluding hydrogens is 260 g/mol. The summed E-state index contributed by atoms with van der Waals surface area (Å²) >= 11 is 0. The van der Waals surface area contributed by atoms with Gasteiger partial charge in [0.15, 0.2) is 0 Å². The number of rotatable bonds is 3. The standard InChI is InChI=1S/C19H30O2/c1-13-3-7-19-15(11-13)5-4-14(2)18(19)8-6-17-12-16(20)9-10-21-17/h4-5,11,13-14,16-20H,3,6-10,12H2,1-2H3. The van der Waals surface area contributed by atoms with Crippen LogP contribution in [-0.2, 0) is 4.74 Å². The smallest absolute Gasteiger partial charge is 0.0599 e. The van der Waals surface area contributed by atoms with Crippen LogP contribution in [0.15, 0.2) is 23.8 Å². The monoisotopic (exact) mass is 290 g/mol. The predicted molar refractivity (Wildman–Crippen MR) is 86.0 cm³/mol. The highest BCUT2D eigenvalue weighted by molar-refractivity contribution is 5.29. The van der Waals surface area contributed by atoms with Crippen molar-refractivity contribution in [1.82, 2.24) is 0 Å². The first kappa shape index (κ1) is 15.3. The molecule has 0 radical (unpaired) electrons. The van der Waals surface area contributed by atoms with Crippen molar-refractivity contribution < 1.29 is 9.84 Å². The Morgan fingerprint density at radius 3 is 2.86 bits per heavy atom. The van der Waals surface area contributed by atoms with Crippen molar-refractivity contribution in [2.24, 2.45) is 23.7 Å².